The van der Waals surface area contributed by atoms with E-state index in [2.05, 4.69) is 37.0 Å². The highest BCUT2D eigenvalue weighted by Crippen LogP contribution is 2.44. The summed E-state index contributed by atoms with van der Waals surface area (Å²) in [6.07, 6.45) is 4.92. The van der Waals surface area contributed by atoms with Crippen LogP contribution in [0.4, 0.5) is 0 Å². The minimum atomic E-state index is -3.91. The Labute approximate surface area is 242 Å². The van der Waals surface area contributed by atoms with Crippen LogP contribution in [-0.2, 0) is 10.1 Å². The van der Waals surface area contributed by atoms with Crippen molar-refractivity contribution in [3.05, 3.63) is 50.4 Å². The fourth-order valence-corrected chi connectivity index (χ4v) is 5.81. The van der Waals surface area contributed by atoms with Crippen molar-refractivity contribution in [2.24, 2.45) is 10.9 Å². The third-order valence-corrected chi connectivity index (χ3v) is 7.13. The fraction of sp³-hybridized carbons (Fsp3) is 0.462. The Morgan fingerprint density at radius 1 is 1.00 bits per heavy atom. The molecule has 0 bridgehead atoms. The minimum absolute atomic E-state index is 0.0980. The number of unbranched alkanes of at least 4 members (excludes halogenated alkanes) is 2. The normalized spacial score (nSPS) is 11.8. The van der Waals surface area contributed by atoms with Gasteiger partial charge in [-0.2, -0.15) is 13.5 Å². The summed E-state index contributed by atoms with van der Waals surface area (Å²) >= 11 is 6.88. The van der Waals surface area contributed by atoms with Gasteiger partial charge in [-0.3, -0.25) is 4.79 Å². The van der Waals surface area contributed by atoms with Crippen LogP contribution in [-0.4, -0.2) is 57.0 Å². The maximum Gasteiger partial charge on any atom is 0.306 e. The Morgan fingerprint density at radius 3 is 2.11 bits per heavy atom. The molecular formula is C26H35Br2N3O6S. The number of hydrogen-bond donors (Lipinski definition) is 1. The van der Waals surface area contributed by atoms with Gasteiger partial charge >= 0.3 is 10.1 Å². The lowest BCUT2D eigenvalue weighted by Gasteiger charge is -2.31. The van der Waals surface area contributed by atoms with Gasteiger partial charge in [-0.05, 0) is 115 Å². The SMILES string of the molecule is CC(C)N(C(=O)c1cc(Br)c(OCCCCCOc2ccc(/C=N/N)cc2)c(Br)c1OS(C)(=O)=O)C(C)C. The summed E-state index contributed by atoms with van der Waals surface area (Å²) in [5, 5.41) is 3.49. The number of nitrogens with two attached hydrogens (primary N) is 1. The van der Waals surface area contributed by atoms with Gasteiger partial charge in [0.25, 0.3) is 5.91 Å². The first-order valence-electron chi connectivity index (χ1n) is 12.2. The molecule has 0 aromatic heterocycles. The van der Waals surface area contributed by atoms with Gasteiger partial charge in [-0.1, -0.05) is 0 Å². The van der Waals surface area contributed by atoms with Crippen LogP contribution in [0.3, 0.4) is 0 Å². The molecule has 0 aliphatic rings. The number of carbonyl (C=O) groups is 1. The highest BCUT2D eigenvalue weighted by atomic mass is 79.9. The summed E-state index contributed by atoms with van der Waals surface area (Å²) in [4.78, 5) is 15.1. The molecule has 0 saturated carbocycles. The first-order valence-corrected chi connectivity index (χ1v) is 15.6. The summed E-state index contributed by atoms with van der Waals surface area (Å²) in [6.45, 7) is 8.53. The number of hydrazone groups is 1. The zero-order chi connectivity index (χ0) is 28.5. The van der Waals surface area contributed by atoms with Crippen LogP contribution in [0, 0.1) is 0 Å². The lowest BCUT2D eigenvalue weighted by atomic mass is 10.1. The minimum Gasteiger partial charge on any atom is -0.494 e. The highest BCUT2D eigenvalue weighted by molar-refractivity contribution is 9.11. The van der Waals surface area contributed by atoms with Crippen molar-refractivity contribution in [1.82, 2.24) is 4.90 Å². The van der Waals surface area contributed by atoms with Crippen LogP contribution in [0.2, 0.25) is 0 Å². The van der Waals surface area contributed by atoms with Gasteiger partial charge in [0.1, 0.15) is 10.2 Å². The second-order valence-corrected chi connectivity index (χ2v) is 12.4. The Hall–Kier alpha value is -2.31. The molecule has 9 nitrogen and oxygen atoms in total. The molecule has 0 unspecified atom stereocenters. The molecule has 0 heterocycles. The monoisotopic (exact) mass is 675 g/mol. The summed E-state index contributed by atoms with van der Waals surface area (Å²) in [7, 11) is -3.91. The van der Waals surface area contributed by atoms with Crippen LogP contribution in [0.5, 0.6) is 17.2 Å². The number of ether oxygens (including phenoxy) is 2. The number of hydrogen-bond acceptors (Lipinski definition) is 8. The lowest BCUT2D eigenvalue weighted by Crippen LogP contribution is -2.42. The maximum atomic E-state index is 13.4. The molecule has 0 radical (unpaired) electrons. The number of amides is 1. The maximum absolute atomic E-state index is 13.4. The van der Waals surface area contributed by atoms with E-state index in [0.29, 0.717) is 23.4 Å². The molecule has 1 amide bonds. The number of halogens is 2. The molecule has 0 fully saturated rings. The van der Waals surface area contributed by atoms with Gasteiger partial charge in [0.2, 0.25) is 0 Å². The van der Waals surface area contributed by atoms with Crippen molar-refractivity contribution in [3.8, 4) is 17.2 Å². The van der Waals surface area contributed by atoms with Gasteiger partial charge in [-0.25, -0.2) is 0 Å². The van der Waals surface area contributed by atoms with Gasteiger partial charge < -0.3 is 24.4 Å². The first-order chi connectivity index (χ1) is 17.9. The van der Waals surface area contributed by atoms with Crippen molar-refractivity contribution < 1.29 is 26.9 Å². The topological polar surface area (TPSA) is 121 Å². The first kappa shape index (κ1) is 31.9. The van der Waals surface area contributed by atoms with Gasteiger partial charge in [0, 0.05) is 12.1 Å². The van der Waals surface area contributed by atoms with E-state index in [1.165, 1.54) is 0 Å². The summed E-state index contributed by atoms with van der Waals surface area (Å²) in [6, 6.07) is 8.81. The Kier molecular flexibility index (Phi) is 12.4. The molecule has 210 valence electrons. The predicted molar refractivity (Wildman–Crippen MR) is 157 cm³/mol. The van der Waals surface area contributed by atoms with E-state index in [9.17, 15) is 13.2 Å². The van der Waals surface area contributed by atoms with E-state index in [1.54, 1.807) is 17.2 Å². The number of carbonyl (C=O) groups excluding carboxylic acids is 1. The summed E-state index contributed by atoms with van der Waals surface area (Å²) < 4.78 is 41.8. The van der Waals surface area contributed by atoms with Crippen molar-refractivity contribution in [2.45, 2.75) is 59.0 Å². The van der Waals surface area contributed by atoms with Gasteiger partial charge in [0.15, 0.2) is 11.5 Å². The smallest absolute Gasteiger partial charge is 0.306 e. The van der Waals surface area contributed by atoms with Crippen LogP contribution >= 0.6 is 31.9 Å². The number of rotatable bonds is 14. The van der Waals surface area contributed by atoms with Crippen molar-refractivity contribution in [2.75, 3.05) is 19.5 Å². The highest BCUT2D eigenvalue weighted by Gasteiger charge is 2.30. The van der Waals surface area contributed by atoms with E-state index in [-0.39, 0.29) is 33.8 Å². The molecule has 0 aliphatic carbocycles. The van der Waals surface area contributed by atoms with Gasteiger partial charge in [0.05, 0.1) is 35.7 Å². The van der Waals surface area contributed by atoms with E-state index in [1.807, 2.05) is 52.0 Å². The zero-order valence-corrected chi connectivity index (χ0v) is 26.2. The Morgan fingerprint density at radius 2 is 1.58 bits per heavy atom. The second kappa shape index (κ2) is 14.7. The average Bonchev–Trinajstić information content (AvgIpc) is 2.82. The fourth-order valence-electron chi connectivity index (χ4n) is 3.79. The molecule has 0 aliphatic heterocycles. The van der Waals surface area contributed by atoms with Crippen LogP contribution in [0.1, 0.15) is 62.9 Å². The summed E-state index contributed by atoms with van der Waals surface area (Å²) in [5.41, 5.74) is 1.01. The third-order valence-electron chi connectivity index (χ3n) is 5.35. The molecule has 0 saturated heterocycles. The zero-order valence-electron chi connectivity index (χ0n) is 22.2. The van der Waals surface area contributed by atoms with E-state index < -0.39 is 10.1 Å². The van der Waals surface area contributed by atoms with Crippen molar-refractivity contribution in [3.63, 3.8) is 0 Å². The molecule has 2 rings (SSSR count). The van der Waals surface area contributed by atoms with Crippen LogP contribution < -0.4 is 19.5 Å². The Bertz CT molecular complexity index is 1210. The van der Waals surface area contributed by atoms with Crippen molar-refractivity contribution >= 4 is 54.1 Å². The molecule has 38 heavy (non-hydrogen) atoms. The summed E-state index contributed by atoms with van der Waals surface area (Å²) in [5.74, 6) is 5.83. The van der Waals surface area contributed by atoms with Crippen LogP contribution in [0.15, 0.2) is 44.4 Å². The molecule has 2 aromatic carbocycles. The second-order valence-electron chi connectivity index (χ2n) is 9.17. The van der Waals surface area contributed by atoms with E-state index >= 15 is 0 Å². The van der Waals surface area contributed by atoms with E-state index in [4.69, 9.17) is 19.5 Å². The quantitative estimate of drug-likeness (QED) is 0.0892. The Balaban J connectivity index is 2.05. The standard InChI is InChI=1S/C26H35Br2N3O6S/c1-17(2)31(18(3)4)26(32)21-15-22(27)25(23(28)24(21)37-38(5,33)34)36-14-8-6-7-13-35-20-11-9-19(10-12-20)16-30-29/h9-12,15-18H,6-8,13-14,29H2,1-5H3/b30-16+. The lowest BCUT2D eigenvalue weighted by molar-refractivity contribution is 0.0641. The average molecular weight is 677 g/mol. The number of nitrogens with zero attached hydrogens (tertiary/aromatic N) is 2. The largest absolute Gasteiger partial charge is 0.494 e. The number of benzene rings is 2. The molecule has 2 N–H and O–H groups in total. The van der Waals surface area contributed by atoms with E-state index in [0.717, 1.165) is 36.8 Å². The van der Waals surface area contributed by atoms with Crippen LogP contribution in [0.25, 0.3) is 0 Å². The molecular weight excluding hydrogens is 642 g/mol. The molecule has 2 aromatic rings. The third kappa shape index (κ3) is 9.46. The molecule has 0 atom stereocenters. The predicted octanol–water partition coefficient (Wildman–Crippen LogP) is 5.73. The van der Waals surface area contributed by atoms with Gasteiger partial charge in [-0.15, -0.1) is 0 Å². The van der Waals surface area contributed by atoms with Crippen molar-refractivity contribution in [1.29, 1.82) is 0 Å². The molecule has 0 spiro atoms. The molecule has 12 heteroatoms.